The second kappa shape index (κ2) is 3.34. The van der Waals surface area contributed by atoms with Crippen LogP contribution in [0.15, 0.2) is 33.5 Å². The molecule has 2 heterocycles. The molecule has 0 saturated heterocycles. The third-order valence-corrected chi connectivity index (χ3v) is 3.11. The summed E-state index contributed by atoms with van der Waals surface area (Å²) in [6.07, 6.45) is 0.573. The summed E-state index contributed by atoms with van der Waals surface area (Å²) in [4.78, 5) is 11.3. The molecule has 0 fully saturated rings. The van der Waals surface area contributed by atoms with Crippen molar-refractivity contribution in [2.24, 2.45) is 0 Å². The lowest BCUT2D eigenvalue weighted by Crippen LogP contribution is -2.32. The van der Waals surface area contributed by atoms with E-state index < -0.39 is 5.79 Å². The average molecular weight is 232 g/mol. The van der Waals surface area contributed by atoms with Crippen LogP contribution in [0.3, 0.4) is 0 Å². The predicted octanol–water partition coefficient (Wildman–Crippen LogP) is 2.09. The first kappa shape index (κ1) is 10.4. The van der Waals surface area contributed by atoms with Gasteiger partial charge in [-0.15, -0.1) is 0 Å². The van der Waals surface area contributed by atoms with E-state index in [0.29, 0.717) is 12.0 Å². The van der Waals surface area contributed by atoms with E-state index in [1.807, 2.05) is 19.1 Å². The van der Waals surface area contributed by atoms with E-state index in [0.717, 1.165) is 16.7 Å². The third-order valence-electron chi connectivity index (χ3n) is 3.11. The Labute approximate surface area is 97.8 Å². The highest BCUT2D eigenvalue weighted by atomic mass is 16.7. The van der Waals surface area contributed by atoms with Gasteiger partial charge in [-0.05, 0) is 18.2 Å². The molecule has 0 radical (unpaired) electrons. The molecule has 88 valence electrons. The highest BCUT2D eigenvalue weighted by Crippen LogP contribution is 2.39. The van der Waals surface area contributed by atoms with Crippen molar-refractivity contribution in [3.63, 3.8) is 0 Å². The molecule has 1 aliphatic rings. The lowest BCUT2D eigenvalue weighted by molar-refractivity contribution is -0.134. The summed E-state index contributed by atoms with van der Waals surface area (Å²) in [7, 11) is 1.60. The van der Waals surface area contributed by atoms with Gasteiger partial charge in [0, 0.05) is 37.5 Å². The summed E-state index contributed by atoms with van der Waals surface area (Å²) in [6.45, 7) is 1.86. The van der Waals surface area contributed by atoms with Crippen LogP contribution in [-0.2, 0) is 11.2 Å². The first-order chi connectivity index (χ1) is 8.11. The third kappa shape index (κ3) is 1.52. The van der Waals surface area contributed by atoms with Gasteiger partial charge in [-0.1, -0.05) is 0 Å². The fourth-order valence-electron chi connectivity index (χ4n) is 2.14. The van der Waals surface area contributed by atoms with E-state index in [4.69, 9.17) is 13.9 Å². The molecular formula is C13H12O4. The van der Waals surface area contributed by atoms with Gasteiger partial charge in [0.15, 0.2) is 0 Å². The smallest absolute Gasteiger partial charge is 0.336 e. The van der Waals surface area contributed by atoms with Gasteiger partial charge in [0.25, 0.3) is 0 Å². The topological polar surface area (TPSA) is 48.7 Å². The van der Waals surface area contributed by atoms with Gasteiger partial charge in [-0.2, -0.15) is 0 Å². The molecule has 0 spiro atoms. The minimum absolute atomic E-state index is 0.350. The van der Waals surface area contributed by atoms with Crippen molar-refractivity contribution < 1.29 is 13.9 Å². The van der Waals surface area contributed by atoms with Crippen molar-refractivity contribution in [2.45, 2.75) is 19.1 Å². The fraction of sp³-hybridized carbons (Fsp3) is 0.308. The van der Waals surface area contributed by atoms with Crippen LogP contribution in [0.1, 0.15) is 12.5 Å². The number of ether oxygens (including phenoxy) is 2. The van der Waals surface area contributed by atoms with Gasteiger partial charge < -0.3 is 13.9 Å². The van der Waals surface area contributed by atoms with Crippen molar-refractivity contribution in [3.05, 3.63) is 40.2 Å². The molecule has 1 atom stereocenters. The largest absolute Gasteiger partial charge is 0.462 e. The van der Waals surface area contributed by atoms with Crippen LogP contribution in [0, 0.1) is 0 Å². The van der Waals surface area contributed by atoms with Gasteiger partial charge in [0.1, 0.15) is 11.3 Å². The molecule has 4 heteroatoms. The maximum absolute atomic E-state index is 11.3. The molecule has 1 aromatic carbocycles. The van der Waals surface area contributed by atoms with Crippen molar-refractivity contribution in [2.75, 3.05) is 7.11 Å². The summed E-state index contributed by atoms with van der Waals surface area (Å²) in [6, 6.07) is 6.92. The van der Waals surface area contributed by atoms with Crippen LogP contribution in [0.4, 0.5) is 0 Å². The molecule has 0 aliphatic carbocycles. The average Bonchev–Trinajstić information content (AvgIpc) is 2.67. The van der Waals surface area contributed by atoms with E-state index >= 15 is 0 Å². The van der Waals surface area contributed by atoms with E-state index in [1.165, 1.54) is 6.07 Å². The van der Waals surface area contributed by atoms with Gasteiger partial charge >= 0.3 is 5.63 Å². The molecule has 0 N–H and O–H groups in total. The van der Waals surface area contributed by atoms with E-state index in [-0.39, 0.29) is 5.63 Å². The minimum atomic E-state index is -0.676. The standard InChI is InChI=1S/C13H12O4/c1-13(15-2)7-9-10(17-13)5-3-8-4-6-11(14)16-12(8)9/h3-6H,7H2,1-2H3. The molecule has 0 saturated carbocycles. The first-order valence-corrected chi connectivity index (χ1v) is 5.41. The van der Waals surface area contributed by atoms with E-state index in [1.54, 1.807) is 13.2 Å². The Morgan fingerprint density at radius 3 is 2.82 bits per heavy atom. The molecule has 3 rings (SSSR count). The molecule has 1 aromatic heterocycles. The number of hydrogen-bond acceptors (Lipinski definition) is 4. The Morgan fingerprint density at radius 2 is 2.06 bits per heavy atom. The van der Waals surface area contributed by atoms with E-state index in [9.17, 15) is 4.79 Å². The molecular weight excluding hydrogens is 220 g/mol. The molecule has 1 aliphatic heterocycles. The second-order valence-electron chi connectivity index (χ2n) is 4.33. The Bertz CT molecular complexity index is 643. The molecule has 0 bridgehead atoms. The SMILES string of the molecule is COC1(C)Cc2c(ccc3ccc(=O)oc23)O1. The summed E-state index contributed by atoms with van der Waals surface area (Å²) < 4.78 is 16.3. The van der Waals surface area contributed by atoms with Crippen LogP contribution < -0.4 is 10.4 Å². The quantitative estimate of drug-likeness (QED) is 0.706. The fourth-order valence-corrected chi connectivity index (χ4v) is 2.14. The summed E-state index contributed by atoms with van der Waals surface area (Å²) in [5.41, 5.74) is 1.14. The van der Waals surface area contributed by atoms with Gasteiger partial charge in [0.2, 0.25) is 5.79 Å². The van der Waals surface area contributed by atoms with Crippen LogP contribution in [0.2, 0.25) is 0 Å². The summed E-state index contributed by atoms with van der Waals surface area (Å²) in [5.74, 6) is 0.0431. The molecule has 2 aromatic rings. The molecule has 0 amide bonds. The Hall–Kier alpha value is -1.81. The first-order valence-electron chi connectivity index (χ1n) is 5.41. The lowest BCUT2D eigenvalue weighted by Gasteiger charge is -2.21. The zero-order valence-electron chi connectivity index (χ0n) is 9.65. The highest BCUT2D eigenvalue weighted by Gasteiger charge is 2.36. The number of benzene rings is 1. The highest BCUT2D eigenvalue weighted by molar-refractivity contribution is 5.82. The number of rotatable bonds is 1. The Morgan fingerprint density at radius 1 is 1.29 bits per heavy atom. The zero-order valence-corrected chi connectivity index (χ0v) is 9.65. The van der Waals surface area contributed by atoms with Gasteiger partial charge in [-0.25, -0.2) is 4.79 Å². The maximum Gasteiger partial charge on any atom is 0.336 e. The monoisotopic (exact) mass is 232 g/mol. The number of methoxy groups -OCH3 is 1. The lowest BCUT2D eigenvalue weighted by atomic mass is 10.1. The van der Waals surface area contributed by atoms with Crippen molar-refractivity contribution in [3.8, 4) is 5.75 Å². The number of fused-ring (bicyclic) bond motifs is 3. The second-order valence-corrected chi connectivity index (χ2v) is 4.33. The van der Waals surface area contributed by atoms with Gasteiger partial charge in [0.05, 0.1) is 0 Å². The van der Waals surface area contributed by atoms with Crippen molar-refractivity contribution in [1.82, 2.24) is 0 Å². The summed E-state index contributed by atoms with van der Waals surface area (Å²) in [5, 5.41) is 0.896. The predicted molar refractivity (Wildman–Crippen MR) is 62.2 cm³/mol. The van der Waals surface area contributed by atoms with Crippen LogP contribution in [-0.4, -0.2) is 12.9 Å². The van der Waals surface area contributed by atoms with Crippen LogP contribution in [0.5, 0.6) is 5.75 Å². The zero-order chi connectivity index (χ0) is 12.0. The van der Waals surface area contributed by atoms with Crippen LogP contribution >= 0.6 is 0 Å². The van der Waals surface area contributed by atoms with Gasteiger partial charge in [-0.3, -0.25) is 0 Å². The molecule has 4 nitrogen and oxygen atoms in total. The molecule has 1 unspecified atom stereocenters. The van der Waals surface area contributed by atoms with E-state index in [2.05, 4.69) is 0 Å². The Balaban J connectivity index is 2.26. The normalized spacial score (nSPS) is 22.5. The molecule has 17 heavy (non-hydrogen) atoms. The van der Waals surface area contributed by atoms with Crippen molar-refractivity contribution in [1.29, 1.82) is 0 Å². The van der Waals surface area contributed by atoms with Crippen molar-refractivity contribution >= 4 is 11.0 Å². The van der Waals surface area contributed by atoms with Crippen LogP contribution in [0.25, 0.3) is 11.0 Å². The summed E-state index contributed by atoms with van der Waals surface area (Å²) >= 11 is 0. The maximum atomic E-state index is 11.3. The Kier molecular flexibility index (Phi) is 2.03. The number of hydrogen-bond donors (Lipinski definition) is 0. The minimum Gasteiger partial charge on any atom is -0.462 e.